The first kappa shape index (κ1) is 19.2. The van der Waals surface area contributed by atoms with Crippen LogP contribution in [0, 0.1) is 20.8 Å². The summed E-state index contributed by atoms with van der Waals surface area (Å²) in [7, 11) is 0. The Morgan fingerprint density at radius 2 is 1.89 bits per heavy atom. The van der Waals surface area contributed by atoms with Crippen molar-refractivity contribution in [1.29, 1.82) is 0 Å². The van der Waals surface area contributed by atoms with Gasteiger partial charge >= 0.3 is 5.97 Å². The minimum atomic E-state index is -0.680. The third-order valence-electron chi connectivity index (χ3n) is 3.89. The van der Waals surface area contributed by atoms with E-state index in [9.17, 15) is 9.59 Å². The SMILES string of the molecule is Cc1cc(NC(=O)COC(=O)c2ccccc2OCc2c(C)noc2C)no1. The van der Waals surface area contributed by atoms with E-state index in [0.29, 0.717) is 17.3 Å². The number of anilines is 1. The van der Waals surface area contributed by atoms with E-state index in [-0.39, 0.29) is 18.0 Å². The Morgan fingerprint density at radius 1 is 1.11 bits per heavy atom. The molecule has 0 fully saturated rings. The molecule has 0 atom stereocenters. The molecule has 1 aromatic carbocycles. The zero-order valence-electron chi connectivity index (χ0n) is 15.6. The summed E-state index contributed by atoms with van der Waals surface area (Å²) >= 11 is 0. The molecule has 0 unspecified atom stereocenters. The van der Waals surface area contributed by atoms with Gasteiger partial charge < -0.3 is 23.8 Å². The van der Waals surface area contributed by atoms with Crippen LogP contribution in [0.1, 0.15) is 33.1 Å². The first-order chi connectivity index (χ1) is 13.4. The number of nitrogens with one attached hydrogen (secondary N) is 1. The number of carbonyl (C=O) groups is 2. The summed E-state index contributed by atoms with van der Waals surface area (Å²) in [4.78, 5) is 24.3. The fraction of sp³-hybridized carbons (Fsp3) is 0.263. The molecule has 3 aromatic rings. The van der Waals surface area contributed by atoms with E-state index in [1.165, 1.54) is 0 Å². The molecule has 2 heterocycles. The number of rotatable bonds is 7. The van der Waals surface area contributed by atoms with Crippen molar-refractivity contribution in [2.45, 2.75) is 27.4 Å². The van der Waals surface area contributed by atoms with Gasteiger partial charge in [-0.15, -0.1) is 0 Å². The molecule has 0 saturated heterocycles. The molecule has 0 bridgehead atoms. The van der Waals surface area contributed by atoms with E-state index in [4.69, 9.17) is 18.5 Å². The summed E-state index contributed by atoms with van der Waals surface area (Å²) < 4.78 is 20.8. The van der Waals surface area contributed by atoms with Gasteiger partial charge in [-0.05, 0) is 32.9 Å². The number of amides is 1. The average Bonchev–Trinajstić information content (AvgIpc) is 3.23. The number of benzene rings is 1. The summed E-state index contributed by atoms with van der Waals surface area (Å²) in [6, 6.07) is 8.17. The maximum Gasteiger partial charge on any atom is 0.342 e. The predicted molar refractivity (Wildman–Crippen MR) is 96.9 cm³/mol. The van der Waals surface area contributed by atoms with Gasteiger partial charge in [-0.2, -0.15) is 0 Å². The highest BCUT2D eigenvalue weighted by Gasteiger charge is 2.17. The van der Waals surface area contributed by atoms with Crippen molar-refractivity contribution in [2.75, 3.05) is 11.9 Å². The second-order valence-corrected chi connectivity index (χ2v) is 6.03. The number of aromatic nitrogens is 2. The van der Waals surface area contributed by atoms with Crippen LogP contribution in [0.25, 0.3) is 0 Å². The molecule has 1 N–H and O–H groups in total. The largest absolute Gasteiger partial charge is 0.488 e. The lowest BCUT2D eigenvalue weighted by atomic mass is 10.2. The highest BCUT2D eigenvalue weighted by atomic mass is 16.5. The molecule has 0 aliphatic rings. The fourth-order valence-electron chi connectivity index (χ4n) is 2.43. The fourth-order valence-corrected chi connectivity index (χ4v) is 2.43. The molecular weight excluding hydrogens is 366 g/mol. The van der Waals surface area contributed by atoms with Crippen molar-refractivity contribution in [3.8, 4) is 5.75 Å². The maximum absolute atomic E-state index is 12.4. The van der Waals surface area contributed by atoms with Crippen LogP contribution >= 0.6 is 0 Å². The summed E-state index contributed by atoms with van der Waals surface area (Å²) in [5.74, 6) is 0.576. The van der Waals surface area contributed by atoms with Crippen molar-refractivity contribution < 1.29 is 28.1 Å². The molecule has 3 rings (SSSR count). The van der Waals surface area contributed by atoms with Crippen LogP contribution in [-0.4, -0.2) is 28.8 Å². The average molecular weight is 385 g/mol. The molecule has 28 heavy (non-hydrogen) atoms. The Hall–Kier alpha value is -3.62. The van der Waals surface area contributed by atoms with Gasteiger partial charge in [-0.25, -0.2) is 4.79 Å². The minimum absolute atomic E-state index is 0.192. The van der Waals surface area contributed by atoms with Crippen molar-refractivity contribution in [3.63, 3.8) is 0 Å². The highest BCUT2D eigenvalue weighted by Crippen LogP contribution is 2.22. The van der Waals surface area contributed by atoms with Crippen molar-refractivity contribution in [1.82, 2.24) is 10.3 Å². The van der Waals surface area contributed by atoms with E-state index < -0.39 is 18.5 Å². The molecule has 0 aliphatic heterocycles. The number of carbonyl (C=O) groups excluding carboxylic acids is 2. The summed E-state index contributed by atoms with van der Waals surface area (Å²) in [6.07, 6.45) is 0. The van der Waals surface area contributed by atoms with Gasteiger partial charge in [0.25, 0.3) is 5.91 Å². The van der Waals surface area contributed by atoms with Crippen LogP contribution < -0.4 is 10.1 Å². The number of para-hydroxylation sites is 1. The van der Waals surface area contributed by atoms with Crippen LogP contribution in [0.5, 0.6) is 5.75 Å². The number of hydrogen-bond donors (Lipinski definition) is 1. The first-order valence-electron chi connectivity index (χ1n) is 8.48. The zero-order chi connectivity index (χ0) is 20.1. The number of nitrogens with zero attached hydrogens (tertiary/aromatic N) is 2. The van der Waals surface area contributed by atoms with Gasteiger partial charge in [0, 0.05) is 6.07 Å². The van der Waals surface area contributed by atoms with Crippen LogP contribution in [0.2, 0.25) is 0 Å². The molecule has 9 heteroatoms. The Balaban J connectivity index is 1.60. The number of esters is 1. The second kappa shape index (κ2) is 8.38. The second-order valence-electron chi connectivity index (χ2n) is 6.03. The number of ether oxygens (including phenoxy) is 2. The summed E-state index contributed by atoms with van der Waals surface area (Å²) in [6.45, 7) is 5.01. The van der Waals surface area contributed by atoms with Gasteiger partial charge in [-0.3, -0.25) is 4.79 Å². The number of aryl methyl sites for hydroxylation is 3. The first-order valence-corrected chi connectivity index (χ1v) is 8.48. The molecule has 0 saturated carbocycles. The molecule has 1 amide bonds. The van der Waals surface area contributed by atoms with Crippen LogP contribution in [-0.2, 0) is 16.1 Å². The van der Waals surface area contributed by atoms with E-state index in [0.717, 1.165) is 11.3 Å². The van der Waals surface area contributed by atoms with Gasteiger partial charge in [0.1, 0.15) is 29.4 Å². The lowest BCUT2D eigenvalue weighted by Gasteiger charge is -2.11. The summed E-state index contributed by atoms with van der Waals surface area (Å²) in [5, 5.41) is 9.98. The van der Waals surface area contributed by atoms with Gasteiger partial charge in [-0.1, -0.05) is 22.4 Å². The molecule has 2 aromatic heterocycles. The minimum Gasteiger partial charge on any atom is -0.488 e. The van der Waals surface area contributed by atoms with Crippen LogP contribution in [0.3, 0.4) is 0 Å². The van der Waals surface area contributed by atoms with Crippen molar-refractivity contribution in [2.24, 2.45) is 0 Å². The molecule has 0 spiro atoms. The van der Waals surface area contributed by atoms with Gasteiger partial charge in [0.2, 0.25) is 0 Å². The summed E-state index contributed by atoms with van der Waals surface area (Å²) in [5.41, 5.74) is 1.74. The smallest absolute Gasteiger partial charge is 0.342 e. The van der Waals surface area contributed by atoms with Crippen LogP contribution in [0.15, 0.2) is 39.4 Å². The lowest BCUT2D eigenvalue weighted by molar-refractivity contribution is -0.119. The van der Waals surface area contributed by atoms with Gasteiger partial charge in [0.05, 0.1) is 11.3 Å². The van der Waals surface area contributed by atoms with Crippen molar-refractivity contribution >= 4 is 17.7 Å². The standard InChI is InChI=1S/C19H19N3O6/c1-11-8-17(22-27-11)20-18(23)10-26-19(24)14-6-4-5-7-16(14)25-9-15-12(2)21-28-13(15)3/h4-8H,9-10H2,1-3H3,(H,20,22,23). The Labute approximate surface area is 160 Å². The maximum atomic E-state index is 12.4. The third-order valence-corrected chi connectivity index (χ3v) is 3.89. The topological polar surface area (TPSA) is 117 Å². The highest BCUT2D eigenvalue weighted by molar-refractivity contribution is 5.96. The molecule has 0 aliphatic carbocycles. The van der Waals surface area contributed by atoms with E-state index in [2.05, 4.69) is 15.6 Å². The molecular formula is C19H19N3O6. The quantitative estimate of drug-likeness (QED) is 0.617. The Morgan fingerprint density at radius 3 is 2.57 bits per heavy atom. The zero-order valence-corrected chi connectivity index (χ0v) is 15.6. The molecule has 9 nitrogen and oxygen atoms in total. The molecule has 0 radical (unpaired) electrons. The normalized spacial score (nSPS) is 10.5. The van der Waals surface area contributed by atoms with E-state index in [1.54, 1.807) is 44.2 Å². The lowest BCUT2D eigenvalue weighted by Crippen LogP contribution is -2.21. The van der Waals surface area contributed by atoms with E-state index in [1.807, 2.05) is 6.92 Å². The Bertz CT molecular complexity index is 972. The Kier molecular flexibility index (Phi) is 5.73. The van der Waals surface area contributed by atoms with Gasteiger partial charge in [0.15, 0.2) is 12.4 Å². The monoisotopic (exact) mass is 385 g/mol. The predicted octanol–water partition coefficient (Wildman–Crippen LogP) is 2.96. The third kappa shape index (κ3) is 4.56. The van der Waals surface area contributed by atoms with Crippen LogP contribution in [0.4, 0.5) is 5.82 Å². The molecule has 146 valence electrons. The van der Waals surface area contributed by atoms with Crippen molar-refractivity contribution in [3.05, 3.63) is 58.7 Å². The van der Waals surface area contributed by atoms with E-state index >= 15 is 0 Å². The number of hydrogen-bond acceptors (Lipinski definition) is 8.